The first-order valence-corrected chi connectivity index (χ1v) is 5.66. The van der Waals surface area contributed by atoms with Gasteiger partial charge in [0.15, 0.2) is 0 Å². The summed E-state index contributed by atoms with van der Waals surface area (Å²) in [7, 11) is -2.09. The van der Waals surface area contributed by atoms with Crippen LogP contribution < -0.4 is 0 Å². The Morgan fingerprint density at radius 1 is 1.27 bits per heavy atom. The highest BCUT2D eigenvalue weighted by Gasteiger charge is 2.24. The zero-order chi connectivity index (χ0) is 8.91. The van der Waals surface area contributed by atoms with E-state index in [2.05, 4.69) is 19.7 Å². The van der Waals surface area contributed by atoms with Crippen LogP contribution in [0.25, 0.3) is 0 Å². The van der Waals surface area contributed by atoms with Crippen LogP contribution in [0, 0.1) is 0 Å². The van der Waals surface area contributed by atoms with Crippen LogP contribution in [0.5, 0.6) is 0 Å². The van der Waals surface area contributed by atoms with Crippen molar-refractivity contribution in [3.63, 3.8) is 0 Å². The van der Waals surface area contributed by atoms with Crippen molar-refractivity contribution in [2.24, 2.45) is 0 Å². The fourth-order valence-electron chi connectivity index (χ4n) is 0.728. The maximum absolute atomic E-state index is 10.4. The minimum absolute atomic E-state index is 0.101. The highest BCUT2D eigenvalue weighted by Crippen LogP contribution is 2.12. The summed E-state index contributed by atoms with van der Waals surface area (Å²) in [4.78, 5) is 10.4. The van der Waals surface area contributed by atoms with Gasteiger partial charge in [-0.3, -0.25) is 4.79 Å². The number of carbonyl (C=O) groups is 1. The predicted molar refractivity (Wildman–Crippen MR) is 48.8 cm³/mol. The van der Waals surface area contributed by atoms with Crippen molar-refractivity contribution in [1.29, 1.82) is 0 Å². The quantitative estimate of drug-likeness (QED) is 0.634. The Labute approximate surface area is 67.6 Å². The average molecular weight is 168 g/mol. The number of hydrogen-bond acceptors (Lipinski definition) is 1. The van der Waals surface area contributed by atoms with E-state index in [-0.39, 0.29) is 6.04 Å². The number of rotatable bonds is 5. The number of aliphatic carboxylic acids is 1. The van der Waals surface area contributed by atoms with Gasteiger partial charge in [0.05, 0.1) is 6.04 Å². The van der Waals surface area contributed by atoms with Crippen LogP contribution in [0.1, 0.15) is 0 Å². The van der Waals surface area contributed by atoms with Gasteiger partial charge >= 0.3 is 5.97 Å². The summed E-state index contributed by atoms with van der Waals surface area (Å²) in [5.41, 5.74) is 5.00. The van der Waals surface area contributed by atoms with Gasteiger partial charge in [-0.05, 0) is 0 Å². The second kappa shape index (κ2) is 3.93. The summed E-state index contributed by atoms with van der Waals surface area (Å²) in [5.74, 6) is -0.823. The molecule has 0 aliphatic carbocycles. The predicted octanol–water partition coefficient (Wildman–Crippen LogP) is 1.70. The third kappa shape index (κ3) is 2.55. The van der Waals surface area contributed by atoms with Crippen LogP contribution in [0.3, 0.4) is 0 Å². The molecule has 0 aliphatic rings. The Morgan fingerprint density at radius 2 is 1.64 bits per heavy atom. The van der Waals surface area contributed by atoms with Crippen LogP contribution in [0.4, 0.5) is 0 Å². The summed E-state index contributed by atoms with van der Waals surface area (Å²) < 4.78 is 0. The van der Waals surface area contributed by atoms with Gasteiger partial charge in [-0.25, -0.2) is 0 Å². The summed E-state index contributed by atoms with van der Waals surface area (Å²) in [6, 6.07) is 0.101. The third-order valence-electron chi connectivity index (χ3n) is 1.60. The van der Waals surface area contributed by atoms with Crippen LogP contribution in [0.15, 0.2) is 36.8 Å². The SMILES string of the molecule is C=C[Si](C=C)(C=C)CC(=O)O. The Morgan fingerprint density at radius 3 is 1.73 bits per heavy atom. The molecule has 2 nitrogen and oxygen atoms in total. The summed E-state index contributed by atoms with van der Waals surface area (Å²) >= 11 is 0. The van der Waals surface area contributed by atoms with Crippen LogP contribution in [0.2, 0.25) is 6.04 Å². The second-order valence-electron chi connectivity index (χ2n) is 2.30. The molecule has 60 valence electrons. The zero-order valence-corrected chi connectivity index (χ0v) is 7.42. The van der Waals surface area contributed by atoms with E-state index in [1.54, 1.807) is 17.1 Å². The first kappa shape index (κ1) is 9.91. The lowest BCUT2D eigenvalue weighted by Crippen LogP contribution is -2.29. The van der Waals surface area contributed by atoms with Gasteiger partial charge in [-0.2, -0.15) is 0 Å². The van der Waals surface area contributed by atoms with Gasteiger partial charge in [-0.15, -0.1) is 19.7 Å². The van der Waals surface area contributed by atoms with Crippen molar-refractivity contribution in [1.82, 2.24) is 0 Å². The van der Waals surface area contributed by atoms with Crippen LogP contribution in [-0.2, 0) is 4.79 Å². The molecule has 0 rings (SSSR count). The Kier molecular flexibility index (Phi) is 3.54. The lowest BCUT2D eigenvalue weighted by Gasteiger charge is -2.15. The fourth-order valence-corrected chi connectivity index (χ4v) is 2.19. The minimum Gasteiger partial charge on any atom is -0.481 e. The van der Waals surface area contributed by atoms with Gasteiger partial charge in [0.2, 0.25) is 0 Å². The van der Waals surface area contributed by atoms with Crippen molar-refractivity contribution in [2.75, 3.05) is 0 Å². The molecule has 0 aliphatic heterocycles. The van der Waals surface area contributed by atoms with Crippen molar-refractivity contribution < 1.29 is 9.90 Å². The average Bonchev–Trinajstić information content (AvgIpc) is 2.00. The Bertz CT molecular complexity index is 174. The maximum Gasteiger partial charge on any atom is 0.301 e. The highest BCUT2D eigenvalue weighted by molar-refractivity contribution is 6.94. The van der Waals surface area contributed by atoms with Crippen molar-refractivity contribution in [2.45, 2.75) is 6.04 Å². The molecule has 3 heteroatoms. The Balaban J connectivity index is 4.54. The smallest absolute Gasteiger partial charge is 0.301 e. The van der Waals surface area contributed by atoms with E-state index in [0.717, 1.165) is 0 Å². The largest absolute Gasteiger partial charge is 0.481 e. The third-order valence-corrected chi connectivity index (χ3v) is 4.79. The molecule has 0 aromatic heterocycles. The van der Waals surface area contributed by atoms with Gasteiger partial charge in [0.25, 0.3) is 0 Å². The molecule has 0 spiro atoms. The lowest BCUT2D eigenvalue weighted by atomic mass is 10.8. The molecular weight excluding hydrogens is 156 g/mol. The standard InChI is InChI=1S/C8H12O2Si/c1-4-11(5-2,6-3)7-8(9)10/h4-6H,1-3,7H2,(H,9,10). The molecule has 0 fully saturated rings. The molecule has 0 saturated heterocycles. The number of hydrogen-bond donors (Lipinski definition) is 1. The van der Waals surface area contributed by atoms with Gasteiger partial charge in [-0.1, -0.05) is 17.1 Å². The molecule has 0 saturated carbocycles. The molecule has 1 N–H and O–H groups in total. The van der Waals surface area contributed by atoms with Crippen molar-refractivity contribution in [3.8, 4) is 0 Å². The van der Waals surface area contributed by atoms with Crippen LogP contribution in [-0.4, -0.2) is 19.1 Å². The van der Waals surface area contributed by atoms with E-state index in [1.165, 1.54) is 0 Å². The molecule has 0 unspecified atom stereocenters. The van der Waals surface area contributed by atoms with Crippen molar-refractivity contribution in [3.05, 3.63) is 36.8 Å². The van der Waals surface area contributed by atoms with Crippen LogP contribution >= 0.6 is 0 Å². The van der Waals surface area contributed by atoms with Gasteiger partial charge < -0.3 is 5.11 Å². The van der Waals surface area contributed by atoms with E-state index in [4.69, 9.17) is 5.11 Å². The van der Waals surface area contributed by atoms with E-state index in [9.17, 15) is 4.79 Å². The second-order valence-corrected chi connectivity index (χ2v) is 6.10. The van der Waals surface area contributed by atoms with E-state index in [0.29, 0.717) is 0 Å². The fraction of sp³-hybridized carbons (Fsp3) is 0.125. The van der Waals surface area contributed by atoms with Gasteiger partial charge in [0.1, 0.15) is 8.07 Å². The molecule has 0 radical (unpaired) electrons. The maximum atomic E-state index is 10.4. The summed E-state index contributed by atoms with van der Waals surface area (Å²) in [5, 5.41) is 8.53. The molecule has 0 atom stereocenters. The zero-order valence-electron chi connectivity index (χ0n) is 6.42. The van der Waals surface area contributed by atoms with Gasteiger partial charge in [0, 0.05) is 0 Å². The van der Waals surface area contributed by atoms with E-state index >= 15 is 0 Å². The number of carboxylic acids is 1. The molecule has 11 heavy (non-hydrogen) atoms. The molecule has 0 aromatic rings. The normalized spacial score (nSPS) is 10.2. The van der Waals surface area contributed by atoms with Crippen molar-refractivity contribution >= 4 is 14.0 Å². The topological polar surface area (TPSA) is 37.3 Å². The first-order chi connectivity index (χ1) is 5.10. The number of carboxylic acid groups (broad SMARTS) is 1. The molecule has 0 amide bonds. The molecule has 0 aromatic carbocycles. The molecular formula is C8H12O2Si. The van der Waals surface area contributed by atoms with E-state index in [1.807, 2.05) is 0 Å². The summed E-state index contributed by atoms with van der Waals surface area (Å²) in [6.45, 7) is 10.8. The monoisotopic (exact) mass is 168 g/mol. The Hall–Kier alpha value is -1.09. The van der Waals surface area contributed by atoms with E-state index < -0.39 is 14.0 Å². The summed E-state index contributed by atoms with van der Waals surface area (Å²) in [6.07, 6.45) is 0. The first-order valence-electron chi connectivity index (χ1n) is 3.23. The minimum atomic E-state index is -2.09. The molecule has 0 bridgehead atoms. The molecule has 0 heterocycles. The highest BCUT2D eigenvalue weighted by atomic mass is 28.3. The lowest BCUT2D eigenvalue weighted by molar-refractivity contribution is -0.134.